The maximum absolute atomic E-state index is 10.7. The molecule has 4 atom stereocenters. The first-order chi connectivity index (χ1) is 5.91. The summed E-state index contributed by atoms with van der Waals surface area (Å²) in [4.78, 5) is 34.4. The Morgan fingerprint density at radius 3 is 0.857 bits per heavy atom. The smallest absolute Gasteiger partial charge is 0.316 e. The highest BCUT2D eigenvalue weighted by atomic mass is 32.2. The van der Waals surface area contributed by atoms with Crippen molar-refractivity contribution in [2.75, 3.05) is 0 Å². The second kappa shape index (κ2) is 3.09. The van der Waals surface area contributed by atoms with Crippen molar-refractivity contribution in [1.29, 1.82) is 0 Å². The Labute approximate surface area is 76.4 Å². The van der Waals surface area contributed by atoms with Crippen molar-refractivity contribution in [3.63, 3.8) is 0 Å². The molecule has 1 fully saturated rings. The van der Waals surface area contributed by atoms with Crippen LogP contribution in [0.2, 0.25) is 0 Å². The molecule has 1 aliphatic rings. The van der Waals surface area contributed by atoms with Crippen molar-refractivity contribution in [2.45, 2.75) is 0 Å². The van der Waals surface area contributed by atoms with E-state index in [-0.39, 0.29) is 0 Å². The van der Waals surface area contributed by atoms with E-state index in [4.69, 9.17) is 19.6 Å². The van der Waals surface area contributed by atoms with E-state index in [1.165, 1.54) is 0 Å². The summed E-state index contributed by atoms with van der Waals surface area (Å²) in [5.74, 6) is 0. The molecule has 0 saturated carbocycles. The van der Waals surface area contributed by atoms with Gasteiger partial charge in [-0.15, -0.1) is 0 Å². The van der Waals surface area contributed by atoms with Crippen LogP contribution in [-0.2, 0) is 26.9 Å². The standard InChI is InChI=1S/H4O10P4/c1-11(2)9-13(5,6)14(7,8)10-12(11,3)4/h(H,1,2)(H,3,4)(H,5,6)(H,7,8). The SMILES string of the molecule is O=P1(O)OP(=O)(O)P(=O)(O)OP1(=O)O. The van der Waals surface area contributed by atoms with Gasteiger partial charge in [-0.25, -0.2) is 26.9 Å². The quantitative estimate of drug-likeness (QED) is 0.463. The van der Waals surface area contributed by atoms with E-state index < -0.39 is 29.1 Å². The Morgan fingerprint density at radius 2 is 0.714 bits per heavy atom. The van der Waals surface area contributed by atoms with Gasteiger partial charge in [0.25, 0.3) is 0 Å². The third-order valence-corrected chi connectivity index (χ3v) is 12.2. The van der Waals surface area contributed by atoms with E-state index in [9.17, 15) is 18.3 Å². The zero-order chi connectivity index (χ0) is 11.4. The van der Waals surface area contributed by atoms with Gasteiger partial charge in [-0.2, -0.15) is 0 Å². The van der Waals surface area contributed by atoms with Crippen molar-refractivity contribution in [1.82, 2.24) is 0 Å². The Morgan fingerprint density at radius 1 is 0.571 bits per heavy atom. The Bertz CT molecular complexity index is 359. The average molecular weight is 288 g/mol. The fourth-order valence-corrected chi connectivity index (χ4v) is 12.1. The lowest BCUT2D eigenvalue weighted by molar-refractivity contribution is 0.288. The molecule has 1 rings (SSSR count). The zero-order valence-electron chi connectivity index (χ0n) is 6.03. The monoisotopic (exact) mass is 288 g/mol. The molecular formula is H4O10P4. The highest BCUT2D eigenvalue weighted by Gasteiger charge is 2.66. The summed E-state index contributed by atoms with van der Waals surface area (Å²) in [6.45, 7) is 0. The lowest BCUT2D eigenvalue weighted by Gasteiger charge is -2.28. The predicted octanol–water partition coefficient (Wildman–Crippen LogP) is 0.605. The molecule has 1 aliphatic heterocycles. The minimum atomic E-state index is -5.45. The van der Waals surface area contributed by atoms with Crippen LogP contribution in [0.5, 0.6) is 0 Å². The first kappa shape index (κ1) is 12.7. The molecule has 0 radical (unpaired) electrons. The van der Waals surface area contributed by atoms with Crippen molar-refractivity contribution in [3.05, 3.63) is 0 Å². The van der Waals surface area contributed by atoms with E-state index in [1.807, 2.05) is 0 Å². The van der Waals surface area contributed by atoms with Gasteiger partial charge in [0, 0.05) is 0 Å². The summed E-state index contributed by atoms with van der Waals surface area (Å²) in [6, 6.07) is 0. The van der Waals surface area contributed by atoms with Gasteiger partial charge in [0.1, 0.15) is 0 Å². The van der Waals surface area contributed by atoms with Crippen LogP contribution in [0.15, 0.2) is 0 Å². The zero-order valence-corrected chi connectivity index (χ0v) is 9.60. The maximum atomic E-state index is 10.7. The fourth-order valence-electron chi connectivity index (χ4n) is 0.462. The van der Waals surface area contributed by atoms with Gasteiger partial charge in [-0.05, 0) is 0 Å². The fraction of sp³-hybridized carbons (Fsp3) is 0. The molecule has 0 aromatic heterocycles. The first-order valence-corrected chi connectivity index (χ1v) is 10.4. The van der Waals surface area contributed by atoms with Crippen LogP contribution in [0.1, 0.15) is 0 Å². The van der Waals surface area contributed by atoms with Crippen LogP contribution in [0.25, 0.3) is 0 Å². The van der Waals surface area contributed by atoms with Gasteiger partial charge in [-0.3, -0.25) is 0 Å². The van der Waals surface area contributed by atoms with E-state index in [1.54, 1.807) is 0 Å². The lowest BCUT2D eigenvalue weighted by atomic mass is 15.8. The molecule has 0 spiro atoms. The second-order valence-electron chi connectivity index (χ2n) is 2.13. The second-order valence-corrected chi connectivity index (χ2v) is 13.4. The number of hydrogen-bond donors (Lipinski definition) is 4. The summed E-state index contributed by atoms with van der Waals surface area (Å²) in [5.41, 5.74) is 0. The summed E-state index contributed by atoms with van der Waals surface area (Å²) in [7, 11) is -21.8. The van der Waals surface area contributed by atoms with Gasteiger partial charge in [0.05, 0.1) is 0 Å². The first-order valence-electron chi connectivity index (χ1n) is 2.66. The summed E-state index contributed by atoms with van der Waals surface area (Å²) in [6.07, 6.45) is 0. The molecule has 0 bridgehead atoms. The normalized spacial score (nSPS) is 59.7. The number of rotatable bonds is 0. The van der Waals surface area contributed by atoms with Crippen LogP contribution in [0, 0.1) is 0 Å². The van der Waals surface area contributed by atoms with Crippen LogP contribution in [0.4, 0.5) is 0 Å². The molecule has 0 aliphatic carbocycles. The molecule has 14 heteroatoms. The molecular weight excluding hydrogens is 284 g/mol. The van der Waals surface area contributed by atoms with Crippen molar-refractivity contribution in [3.8, 4) is 0 Å². The van der Waals surface area contributed by atoms with Gasteiger partial charge in [0.2, 0.25) is 0 Å². The van der Waals surface area contributed by atoms with E-state index >= 15 is 0 Å². The highest BCUT2D eigenvalue weighted by Crippen LogP contribution is 2.99. The third kappa shape index (κ3) is 1.84. The van der Waals surface area contributed by atoms with Crippen LogP contribution >= 0.6 is 29.1 Å². The molecule has 1 heterocycles. The average Bonchev–Trinajstić information content (AvgIpc) is 1.78. The van der Waals surface area contributed by atoms with Crippen LogP contribution in [-0.4, -0.2) is 19.6 Å². The molecule has 10 nitrogen and oxygen atoms in total. The molecule has 4 N–H and O–H groups in total. The van der Waals surface area contributed by atoms with Crippen LogP contribution < -0.4 is 0 Å². The van der Waals surface area contributed by atoms with Crippen molar-refractivity contribution in [2.24, 2.45) is 0 Å². The van der Waals surface area contributed by atoms with Crippen molar-refractivity contribution < 1.29 is 46.5 Å². The minimum Gasteiger partial charge on any atom is -0.316 e. The van der Waals surface area contributed by atoms with E-state index in [0.29, 0.717) is 0 Å². The number of hydrogen-bond acceptors (Lipinski definition) is 6. The molecule has 1 saturated heterocycles. The van der Waals surface area contributed by atoms with Gasteiger partial charge in [0.15, 0.2) is 0 Å². The largest absolute Gasteiger partial charge is 0.446 e. The van der Waals surface area contributed by atoms with E-state index in [2.05, 4.69) is 8.62 Å². The molecule has 0 aromatic carbocycles. The highest BCUT2D eigenvalue weighted by molar-refractivity contribution is 8.39. The summed E-state index contributed by atoms with van der Waals surface area (Å²) >= 11 is 0. The molecule has 4 unspecified atom stereocenters. The van der Waals surface area contributed by atoms with E-state index in [0.717, 1.165) is 0 Å². The Balaban J connectivity index is 3.36. The Hall–Kier alpha value is 0.680. The van der Waals surface area contributed by atoms with Gasteiger partial charge < -0.3 is 19.6 Å². The summed E-state index contributed by atoms with van der Waals surface area (Å²) in [5, 5.41) is 0. The third-order valence-electron chi connectivity index (χ3n) is 1.06. The van der Waals surface area contributed by atoms with Gasteiger partial charge >= 0.3 is 29.1 Å². The molecule has 0 amide bonds. The lowest BCUT2D eigenvalue weighted by Crippen LogP contribution is -2.01. The minimum absolute atomic E-state index is 3.36. The van der Waals surface area contributed by atoms with Gasteiger partial charge in [-0.1, -0.05) is 0 Å². The summed E-state index contributed by atoms with van der Waals surface area (Å²) < 4.78 is 49.6. The van der Waals surface area contributed by atoms with Crippen LogP contribution in [0.3, 0.4) is 0 Å². The molecule has 84 valence electrons. The Kier molecular flexibility index (Phi) is 2.81. The molecule has 14 heavy (non-hydrogen) atoms. The topological polar surface area (TPSA) is 168 Å². The molecule has 0 aromatic rings. The predicted molar refractivity (Wildman–Crippen MR) is 41.5 cm³/mol. The maximum Gasteiger partial charge on any atom is 0.446 e. The van der Waals surface area contributed by atoms with Crippen molar-refractivity contribution >= 4 is 29.1 Å².